The minimum atomic E-state index is 0.514. The Morgan fingerprint density at radius 2 is 2.12 bits per heavy atom. The van der Waals surface area contributed by atoms with Crippen LogP contribution in [0.1, 0.15) is 51.8 Å². The van der Waals surface area contributed by atoms with Crippen molar-refractivity contribution in [3.63, 3.8) is 0 Å². The standard InChI is InChI=1S/C13H25N3/c1-5-11(3)16-10-9-13(15-16)8-7-12(6-2)14-4/h9-12,14H,5-8H2,1-4H3. The van der Waals surface area contributed by atoms with Crippen molar-refractivity contribution in [2.24, 2.45) is 0 Å². The molecule has 0 aliphatic carbocycles. The second-order valence-electron chi connectivity index (χ2n) is 4.48. The van der Waals surface area contributed by atoms with Crippen LogP contribution in [-0.4, -0.2) is 22.9 Å². The Labute approximate surface area is 99.2 Å². The Kier molecular flexibility index (Phi) is 5.53. The maximum Gasteiger partial charge on any atom is 0.0625 e. The zero-order valence-corrected chi connectivity index (χ0v) is 11.0. The van der Waals surface area contributed by atoms with Crippen LogP contribution in [0.2, 0.25) is 0 Å². The summed E-state index contributed by atoms with van der Waals surface area (Å²) in [5.41, 5.74) is 1.22. The number of nitrogens with zero attached hydrogens (tertiary/aromatic N) is 2. The van der Waals surface area contributed by atoms with E-state index in [-0.39, 0.29) is 0 Å². The molecule has 2 unspecified atom stereocenters. The lowest BCUT2D eigenvalue weighted by Crippen LogP contribution is -2.24. The molecule has 3 nitrogen and oxygen atoms in total. The average Bonchev–Trinajstić information content (AvgIpc) is 2.78. The molecule has 0 spiro atoms. The van der Waals surface area contributed by atoms with Gasteiger partial charge in [0.05, 0.1) is 5.69 Å². The first-order valence-corrected chi connectivity index (χ1v) is 6.42. The third-order valence-corrected chi connectivity index (χ3v) is 3.36. The molecule has 0 saturated carbocycles. The van der Waals surface area contributed by atoms with Crippen molar-refractivity contribution in [1.82, 2.24) is 15.1 Å². The normalized spacial score (nSPS) is 15.0. The molecule has 2 atom stereocenters. The average molecular weight is 223 g/mol. The van der Waals surface area contributed by atoms with Gasteiger partial charge in [0.15, 0.2) is 0 Å². The molecule has 0 aliphatic rings. The molecule has 1 N–H and O–H groups in total. The highest BCUT2D eigenvalue weighted by molar-refractivity contribution is 5.00. The number of hydrogen-bond donors (Lipinski definition) is 1. The maximum atomic E-state index is 4.61. The number of aryl methyl sites for hydroxylation is 1. The van der Waals surface area contributed by atoms with Crippen molar-refractivity contribution in [3.8, 4) is 0 Å². The van der Waals surface area contributed by atoms with E-state index in [1.54, 1.807) is 0 Å². The quantitative estimate of drug-likeness (QED) is 0.770. The highest BCUT2D eigenvalue weighted by Crippen LogP contribution is 2.11. The molecule has 1 aromatic heterocycles. The molecule has 0 fully saturated rings. The van der Waals surface area contributed by atoms with Gasteiger partial charge in [-0.05, 0) is 45.7 Å². The molecule has 3 heteroatoms. The molecule has 0 radical (unpaired) electrons. The molecule has 92 valence electrons. The van der Waals surface area contributed by atoms with Gasteiger partial charge >= 0.3 is 0 Å². The summed E-state index contributed by atoms with van der Waals surface area (Å²) in [4.78, 5) is 0. The molecular formula is C13H25N3. The Hall–Kier alpha value is -0.830. The lowest BCUT2D eigenvalue weighted by molar-refractivity contribution is 0.466. The van der Waals surface area contributed by atoms with E-state index in [2.05, 4.69) is 48.1 Å². The van der Waals surface area contributed by atoms with Gasteiger partial charge in [0.2, 0.25) is 0 Å². The van der Waals surface area contributed by atoms with Crippen LogP contribution < -0.4 is 5.32 Å². The number of nitrogens with one attached hydrogen (secondary N) is 1. The minimum Gasteiger partial charge on any atom is -0.317 e. The fraction of sp³-hybridized carbons (Fsp3) is 0.769. The minimum absolute atomic E-state index is 0.514. The first-order valence-electron chi connectivity index (χ1n) is 6.42. The van der Waals surface area contributed by atoms with Crippen molar-refractivity contribution in [2.45, 2.75) is 58.5 Å². The van der Waals surface area contributed by atoms with Crippen LogP contribution in [0.15, 0.2) is 12.3 Å². The monoisotopic (exact) mass is 223 g/mol. The van der Waals surface area contributed by atoms with Gasteiger partial charge in [-0.2, -0.15) is 5.10 Å². The molecule has 16 heavy (non-hydrogen) atoms. The van der Waals surface area contributed by atoms with Gasteiger partial charge in [-0.1, -0.05) is 13.8 Å². The van der Waals surface area contributed by atoms with Crippen LogP contribution in [0, 0.1) is 0 Å². The van der Waals surface area contributed by atoms with Gasteiger partial charge in [-0.25, -0.2) is 0 Å². The van der Waals surface area contributed by atoms with Gasteiger partial charge < -0.3 is 5.32 Å². The lowest BCUT2D eigenvalue weighted by Gasteiger charge is -2.12. The first kappa shape index (κ1) is 13.2. The third kappa shape index (κ3) is 3.63. The third-order valence-electron chi connectivity index (χ3n) is 3.36. The smallest absolute Gasteiger partial charge is 0.0625 e. The lowest BCUT2D eigenvalue weighted by atomic mass is 10.1. The van der Waals surface area contributed by atoms with Crippen LogP contribution in [-0.2, 0) is 6.42 Å². The summed E-state index contributed by atoms with van der Waals surface area (Å²) >= 11 is 0. The second kappa shape index (κ2) is 6.69. The topological polar surface area (TPSA) is 29.9 Å². The molecular weight excluding hydrogens is 198 g/mol. The SMILES string of the molecule is CCC(CCc1ccn(C(C)CC)n1)NC. The summed E-state index contributed by atoms with van der Waals surface area (Å²) < 4.78 is 2.08. The fourth-order valence-electron chi connectivity index (χ4n) is 1.82. The van der Waals surface area contributed by atoms with Crippen LogP contribution in [0.4, 0.5) is 0 Å². The van der Waals surface area contributed by atoms with Gasteiger partial charge in [0, 0.05) is 18.3 Å². The predicted octanol–water partition coefficient (Wildman–Crippen LogP) is 2.78. The Morgan fingerprint density at radius 3 is 2.69 bits per heavy atom. The van der Waals surface area contributed by atoms with Crippen LogP contribution in [0.5, 0.6) is 0 Å². The van der Waals surface area contributed by atoms with E-state index in [0.29, 0.717) is 12.1 Å². The summed E-state index contributed by atoms with van der Waals surface area (Å²) in [5.74, 6) is 0. The van der Waals surface area contributed by atoms with E-state index >= 15 is 0 Å². The summed E-state index contributed by atoms with van der Waals surface area (Å²) in [6.45, 7) is 6.62. The highest BCUT2D eigenvalue weighted by atomic mass is 15.3. The van der Waals surface area contributed by atoms with E-state index in [1.807, 2.05) is 7.05 Å². The Morgan fingerprint density at radius 1 is 1.38 bits per heavy atom. The van der Waals surface area contributed by atoms with Gasteiger partial charge in [-0.3, -0.25) is 4.68 Å². The second-order valence-corrected chi connectivity index (χ2v) is 4.48. The van der Waals surface area contributed by atoms with Crippen molar-refractivity contribution >= 4 is 0 Å². The van der Waals surface area contributed by atoms with Crippen molar-refractivity contribution < 1.29 is 0 Å². The largest absolute Gasteiger partial charge is 0.317 e. The molecule has 1 aromatic rings. The van der Waals surface area contributed by atoms with Crippen LogP contribution in [0.25, 0.3) is 0 Å². The molecule has 0 aromatic carbocycles. The predicted molar refractivity (Wildman–Crippen MR) is 68.7 cm³/mol. The molecule has 0 bridgehead atoms. The first-order chi connectivity index (χ1) is 7.71. The Bertz CT molecular complexity index is 289. The molecule has 0 saturated heterocycles. The Balaban J connectivity index is 2.46. The van der Waals surface area contributed by atoms with Gasteiger partial charge in [0.25, 0.3) is 0 Å². The van der Waals surface area contributed by atoms with Crippen LogP contribution >= 0.6 is 0 Å². The van der Waals surface area contributed by atoms with E-state index in [0.717, 1.165) is 12.8 Å². The fourth-order valence-corrected chi connectivity index (χ4v) is 1.82. The zero-order valence-electron chi connectivity index (χ0n) is 11.0. The molecule has 1 rings (SSSR count). The van der Waals surface area contributed by atoms with E-state index in [9.17, 15) is 0 Å². The molecule has 0 amide bonds. The highest BCUT2D eigenvalue weighted by Gasteiger charge is 2.07. The van der Waals surface area contributed by atoms with Gasteiger partial charge in [-0.15, -0.1) is 0 Å². The van der Waals surface area contributed by atoms with Crippen molar-refractivity contribution in [1.29, 1.82) is 0 Å². The summed E-state index contributed by atoms with van der Waals surface area (Å²) in [6.07, 6.45) is 6.66. The molecule has 1 heterocycles. The summed E-state index contributed by atoms with van der Waals surface area (Å²) in [7, 11) is 2.03. The summed E-state index contributed by atoms with van der Waals surface area (Å²) in [6, 6.07) is 3.28. The maximum absolute atomic E-state index is 4.61. The van der Waals surface area contributed by atoms with E-state index in [4.69, 9.17) is 0 Å². The van der Waals surface area contributed by atoms with Crippen molar-refractivity contribution in [3.05, 3.63) is 18.0 Å². The number of aromatic nitrogens is 2. The zero-order chi connectivity index (χ0) is 12.0. The van der Waals surface area contributed by atoms with Crippen molar-refractivity contribution in [2.75, 3.05) is 7.05 Å². The van der Waals surface area contributed by atoms with Gasteiger partial charge in [0.1, 0.15) is 0 Å². The van der Waals surface area contributed by atoms with E-state index in [1.165, 1.54) is 18.5 Å². The summed E-state index contributed by atoms with van der Waals surface area (Å²) in [5, 5.41) is 7.94. The van der Waals surface area contributed by atoms with E-state index < -0.39 is 0 Å². The number of rotatable bonds is 7. The number of hydrogen-bond acceptors (Lipinski definition) is 2. The van der Waals surface area contributed by atoms with Crippen LogP contribution in [0.3, 0.4) is 0 Å². The molecule has 0 aliphatic heterocycles.